The Morgan fingerprint density at radius 2 is 1.94 bits per heavy atom. The summed E-state index contributed by atoms with van der Waals surface area (Å²) in [6.45, 7) is 4.18. The zero-order valence-electron chi connectivity index (χ0n) is 18.4. The van der Waals surface area contributed by atoms with Gasteiger partial charge in [0, 0.05) is 5.56 Å². The predicted octanol–water partition coefficient (Wildman–Crippen LogP) is 3.06. The van der Waals surface area contributed by atoms with Crippen LogP contribution in [0.15, 0.2) is 64.2 Å². The normalized spacial score (nSPS) is 11.4. The molecule has 11 heteroatoms. The minimum Gasteiger partial charge on any atom is -0.491 e. The van der Waals surface area contributed by atoms with Gasteiger partial charge in [-0.05, 0) is 55.8 Å². The van der Waals surface area contributed by atoms with Gasteiger partial charge in [-0.2, -0.15) is 4.98 Å². The summed E-state index contributed by atoms with van der Waals surface area (Å²) in [5, 5.41) is 12.0. The van der Waals surface area contributed by atoms with E-state index < -0.39 is 5.56 Å². The number of benzene rings is 2. The topological polar surface area (TPSA) is 114 Å². The molecule has 0 unspecified atom stereocenters. The van der Waals surface area contributed by atoms with Crippen molar-refractivity contribution < 1.29 is 13.7 Å². The van der Waals surface area contributed by atoms with Crippen LogP contribution in [0.2, 0.25) is 0 Å². The highest BCUT2D eigenvalue weighted by molar-refractivity contribution is 5.67. The zero-order valence-corrected chi connectivity index (χ0v) is 18.4. The number of fused-ring (bicyclic) bond motifs is 1. The van der Waals surface area contributed by atoms with Crippen LogP contribution in [0.1, 0.15) is 25.3 Å². The molecular formula is C23H20FN7O3. The van der Waals surface area contributed by atoms with E-state index in [1.165, 1.54) is 27.7 Å². The molecule has 0 aliphatic carbocycles. The monoisotopic (exact) mass is 461 g/mol. The van der Waals surface area contributed by atoms with Gasteiger partial charge in [0.05, 0.1) is 12.6 Å². The fraction of sp³-hybridized carbons (Fsp3) is 0.217. The summed E-state index contributed by atoms with van der Waals surface area (Å²) >= 11 is 0. The fourth-order valence-corrected chi connectivity index (χ4v) is 3.45. The first-order valence-electron chi connectivity index (χ1n) is 10.6. The molecule has 10 nitrogen and oxygen atoms in total. The maximum atomic E-state index is 13.5. The second-order valence-corrected chi connectivity index (χ2v) is 7.93. The largest absolute Gasteiger partial charge is 0.491 e. The number of hydrogen-bond acceptors (Lipinski definition) is 8. The molecular weight excluding hydrogens is 441 g/mol. The highest BCUT2D eigenvalue weighted by Crippen LogP contribution is 2.21. The molecule has 0 radical (unpaired) electrons. The van der Waals surface area contributed by atoms with Crippen LogP contribution >= 0.6 is 0 Å². The summed E-state index contributed by atoms with van der Waals surface area (Å²) in [6, 6.07) is 13.5. The maximum Gasteiger partial charge on any atom is 0.283 e. The van der Waals surface area contributed by atoms with Crippen LogP contribution in [-0.2, 0) is 13.1 Å². The van der Waals surface area contributed by atoms with E-state index >= 15 is 0 Å². The van der Waals surface area contributed by atoms with E-state index in [0.29, 0.717) is 17.0 Å². The molecule has 0 atom stereocenters. The smallest absolute Gasteiger partial charge is 0.283 e. The van der Waals surface area contributed by atoms with Gasteiger partial charge in [-0.25, -0.2) is 14.1 Å². The van der Waals surface area contributed by atoms with Gasteiger partial charge in [-0.1, -0.05) is 22.5 Å². The van der Waals surface area contributed by atoms with E-state index in [4.69, 9.17) is 9.26 Å². The minimum absolute atomic E-state index is 0.0279. The number of rotatable bonds is 7. The average molecular weight is 461 g/mol. The zero-order chi connectivity index (χ0) is 23.7. The highest BCUT2D eigenvalue weighted by atomic mass is 19.1. The summed E-state index contributed by atoms with van der Waals surface area (Å²) in [4.78, 5) is 21.6. The van der Waals surface area contributed by atoms with Crippen LogP contribution in [0.25, 0.3) is 22.6 Å². The first-order chi connectivity index (χ1) is 16.5. The number of aromatic nitrogens is 7. The summed E-state index contributed by atoms with van der Waals surface area (Å²) in [6.07, 6.45) is 1.45. The van der Waals surface area contributed by atoms with E-state index in [2.05, 4.69) is 25.4 Å². The van der Waals surface area contributed by atoms with Crippen molar-refractivity contribution in [1.29, 1.82) is 0 Å². The van der Waals surface area contributed by atoms with Gasteiger partial charge in [0.1, 0.15) is 24.4 Å². The molecule has 0 saturated carbocycles. The van der Waals surface area contributed by atoms with Gasteiger partial charge in [-0.15, -0.1) is 5.10 Å². The lowest BCUT2D eigenvalue weighted by atomic mass is 10.2. The Hall–Kier alpha value is -4.41. The van der Waals surface area contributed by atoms with Crippen molar-refractivity contribution in [2.75, 3.05) is 0 Å². The molecule has 5 rings (SSSR count). The Bertz CT molecular complexity index is 1510. The molecule has 0 spiro atoms. The van der Waals surface area contributed by atoms with Gasteiger partial charge in [-0.3, -0.25) is 9.36 Å². The summed E-state index contributed by atoms with van der Waals surface area (Å²) in [7, 11) is 0. The summed E-state index contributed by atoms with van der Waals surface area (Å²) in [5.74, 6) is 1.04. The summed E-state index contributed by atoms with van der Waals surface area (Å²) < 4.78 is 27.2. The predicted molar refractivity (Wildman–Crippen MR) is 120 cm³/mol. The molecule has 34 heavy (non-hydrogen) atoms. The molecule has 3 heterocycles. The van der Waals surface area contributed by atoms with Crippen LogP contribution in [0.3, 0.4) is 0 Å². The molecule has 3 aromatic heterocycles. The van der Waals surface area contributed by atoms with E-state index in [9.17, 15) is 9.18 Å². The highest BCUT2D eigenvalue weighted by Gasteiger charge is 2.15. The average Bonchev–Trinajstić information content (AvgIpc) is 3.44. The second kappa shape index (κ2) is 8.85. The van der Waals surface area contributed by atoms with Gasteiger partial charge in [0.25, 0.3) is 5.56 Å². The third kappa shape index (κ3) is 4.40. The van der Waals surface area contributed by atoms with E-state index in [1.807, 2.05) is 38.1 Å². The third-order valence-corrected chi connectivity index (χ3v) is 4.97. The Kier molecular flexibility index (Phi) is 5.58. The first kappa shape index (κ1) is 21.4. The molecule has 0 amide bonds. The van der Waals surface area contributed by atoms with Gasteiger partial charge in [0.15, 0.2) is 11.2 Å². The van der Waals surface area contributed by atoms with Crippen molar-refractivity contribution in [3.05, 3.63) is 82.5 Å². The van der Waals surface area contributed by atoms with Crippen molar-refractivity contribution in [2.24, 2.45) is 0 Å². The molecule has 0 bridgehead atoms. The number of ether oxygens (including phenoxy) is 1. The first-order valence-corrected chi connectivity index (χ1v) is 10.6. The van der Waals surface area contributed by atoms with Crippen molar-refractivity contribution >= 4 is 11.2 Å². The second-order valence-electron chi connectivity index (χ2n) is 7.93. The lowest BCUT2D eigenvalue weighted by Gasteiger charge is -2.09. The van der Waals surface area contributed by atoms with Crippen LogP contribution in [0.5, 0.6) is 5.75 Å². The van der Waals surface area contributed by atoms with Crippen molar-refractivity contribution in [2.45, 2.75) is 33.0 Å². The molecule has 0 N–H and O–H groups in total. The molecule has 172 valence electrons. The number of hydrogen-bond donors (Lipinski definition) is 0. The SMILES string of the molecule is CC(C)Oc1ccc(-c2noc(Cn3cnc4c(nnn4Cc4cccc(F)c4)c3=O)n2)cc1. The van der Waals surface area contributed by atoms with Crippen LogP contribution in [-0.4, -0.2) is 40.8 Å². The van der Waals surface area contributed by atoms with Crippen LogP contribution in [0, 0.1) is 5.82 Å². The van der Waals surface area contributed by atoms with E-state index in [1.54, 1.807) is 12.1 Å². The molecule has 0 saturated heterocycles. The summed E-state index contributed by atoms with van der Waals surface area (Å²) in [5.41, 5.74) is 1.44. The molecule has 0 fully saturated rings. The molecule has 5 aromatic rings. The fourth-order valence-electron chi connectivity index (χ4n) is 3.45. The molecule has 0 aliphatic rings. The lowest BCUT2D eigenvalue weighted by molar-refractivity contribution is 0.242. The van der Waals surface area contributed by atoms with E-state index in [-0.39, 0.29) is 36.4 Å². The van der Waals surface area contributed by atoms with Crippen molar-refractivity contribution in [3.8, 4) is 17.1 Å². The van der Waals surface area contributed by atoms with Crippen molar-refractivity contribution in [1.82, 2.24) is 34.7 Å². The van der Waals surface area contributed by atoms with E-state index in [0.717, 1.165) is 11.3 Å². The van der Waals surface area contributed by atoms with Crippen LogP contribution < -0.4 is 10.3 Å². The quantitative estimate of drug-likeness (QED) is 0.363. The minimum atomic E-state index is -0.398. The van der Waals surface area contributed by atoms with Crippen molar-refractivity contribution in [3.63, 3.8) is 0 Å². The number of nitrogens with zero attached hydrogens (tertiary/aromatic N) is 7. The molecule has 0 aliphatic heterocycles. The van der Waals surface area contributed by atoms with Gasteiger partial charge >= 0.3 is 0 Å². The van der Waals surface area contributed by atoms with Gasteiger partial charge < -0.3 is 9.26 Å². The third-order valence-electron chi connectivity index (χ3n) is 4.97. The maximum absolute atomic E-state index is 13.5. The van der Waals surface area contributed by atoms with Gasteiger partial charge in [0.2, 0.25) is 11.7 Å². The Morgan fingerprint density at radius 3 is 2.71 bits per heavy atom. The Morgan fingerprint density at radius 1 is 1.12 bits per heavy atom. The number of halogens is 1. The Labute approximate surface area is 192 Å². The molecule has 2 aromatic carbocycles. The van der Waals surface area contributed by atoms with Crippen LogP contribution in [0.4, 0.5) is 4.39 Å². The standard InChI is InChI=1S/C23H20FN7O3/c1-14(2)33-18-8-6-16(7-9-18)21-26-19(34-28-21)12-30-13-25-22-20(23(30)32)27-29-31(22)11-15-4-3-5-17(24)10-15/h3-10,13-14H,11-12H2,1-2H3. The lowest BCUT2D eigenvalue weighted by Crippen LogP contribution is -2.21. The Balaban J connectivity index is 1.35.